The summed E-state index contributed by atoms with van der Waals surface area (Å²) in [5, 5.41) is 1.16. The van der Waals surface area contributed by atoms with Crippen LogP contribution in [0.5, 0.6) is 0 Å². The molecular weight excluding hydrogens is 256 g/mol. The van der Waals surface area contributed by atoms with Crippen molar-refractivity contribution in [3.63, 3.8) is 0 Å². The van der Waals surface area contributed by atoms with E-state index in [0.29, 0.717) is 0 Å². The standard InChI is InChI=1S/C19H20N2/c1-13-7-9-15(10-8-13)12-18(20)17-11-14(2)21-19-6-4-3-5-16(17)19/h3-11,18H,12,20H2,1-2H3. The number of benzene rings is 2. The van der Waals surface area contributed by atoms with Gasteiger partial charge in [-0.3, -0.25) is 4.98 Å². The number of nitrogens with zero attached hydrogens (tertiary/aromatic N) is 1. The Bertz CT molecular complexity index is 760. The van der Waals surface area contributed by atoms with Crippen molar-refractivity contribution in [2.75, 3.05) is 0 Å². The maximum absolute atomic E-state index is 6.47. The van der Waals surface area contributed by atoms with Crippen molar-refractivity contribution in [3.05, 3.63) is 77.0 Å². The molecular formula is C19H20N2. The molecule has 0 saturated heterocycles. The summed E-state index contributed by atoms with van der Waals surface area (Å²) < 4.78 is 0. The van der Waals surface area contributed by atoms with Gasteiger partial charge in [-0.25, -0.2) is 0 Å². The van der Waals surface area contributed by atoms with Crippen molar-refractivity contribution in [1.29, 1.82) is 0 Å². The molecule has 0 aliphatic carbocycles. The third-order valence-electron chi connectivity index (χ3n) is 3.85. The average Bonchev–Trinajstić information content (AvgIpc) is 2.48. The Morgan fingerprint density at radius 2 is 1.71 bits per heavy atom. The van der Waals surface area contributed by atoms with Crippen molar-refractivity contribution < 1.29 is 0 Å². The monoisotopic (exact) mass is 276 g/mol. The van der Waals surface area contributed by atoms with Crippen molar-refractivity contribution >= 4 is 10.9 Å². The fourth-order valence-electron chi connectivity index (χ4n) is 2.74. The van der Waals surface area contributed by atoms with Crippen molar-refractivity contribution in [3.8, 4) is 0 Å². The number of hydrogen-bond donors (Lipinski definition) is 1. The lowest BCUT2D eigenvalue weighted by molar-refractivity contribution is 0.726. The van der Waals surface area contributed by atoms with E-state index in [2.05, 4.69) is 48.3 Å². The van der Waals surface area contributed by atoms with Crippen molar-refractivity contribution in [2.45, 2.75) is 26.3 Å². The zero-order valence-electron chi connectivity index (χ0n) is 12.5. The first-order chi connectivity index (χ1) is 10.1. The third kappa shape index (κ3) is 2.96. The quantitative estimate of drug-likeness (QED) is 0.782. The molecule has 0 bridgehead atoms. The Labute approximate surface area is 125 Å². The number of aromatic nitrogens is 1. The van der Waals surface area contributed by atoms with Gasteiger partial charge in [-0.05, 0) is 43.5 Å². The molecule has 0 radical (unpaired) electrons. The second kappa shape index (κ2) is 5.66. The number of aryl methyl sites for hydroxylation is 2. The molecule has 0 saturated carbocycles. The predicted octanol–water partition coefficient (Wildman–Crippen LogP) is 4.09. The van der Waals surface area contributed by atoms with Gasteiger partial charge in [0.15, 0.2) is 0 Å². The van der Waals surface area contributed by atoms with Crippen LogP contribution in [0.1, 0.15) is 28.4 Å². The molecule has 2 nitrogen and oxygen atoms in total. The first-order valence-corrected chi connectivity index (χ1v) is 7.31. The summed E-state index contributed by atoms with van der Waals surface area (Å²) in [5.41, 5.74) is 12.2. The van der Waals surface area contributed by atoms with Crippen LogP contribution in [0.3, 0.4) is 0 Å². The van der Waals surface area contributed by atoms with Gasteiger partial charge < -0.3 is 5.73 Å². The van der Waals surface area contributed by atoms with Crippen molar-refractivity contribution in [2.24, 2.45) is 5.73 Å². The SMILES string of the molecule is Cc1ccc(CC(N)c2cc(C)nc3ccccc23)cc1. The second-order valence-electron chi connectivity index (χ2n) is 5.67. The van der Waals surface area contributed by atoms with Crippen LogP contribution < -0.4 is 5.73 Å². The van der Waals surface area contributed by atoms with E-state index >= 15 is 0 Å². The Hall–Kier alpha value is -2.19. The zero-order chi connectivity index (χ0) is 14.8. The Kier molecular flexibility index (Phi) is 3.72. The van der Waals surface area contributed by atoms with Gasteiger partial charge >= 0.3 is 0 Å². The number of para-hydroxylation sites is 1. The lowest BCUT2D eigenvalue weighted by Gasteiger charge is -2.16. The van der Waals surface area contributed by atoms with E-state index < -0.39 is 0 Å². The minimum atomic E-state index is -0.0145. The van der Waals surface area contributed by atoms with Gasteiger partial charge in [0.1, 0.15) is 0 Å². The summed E-state index contributed by atoms with van der Waals surface area (Å²) in [6.45, 7) is 4.12. The molecule has 1 atom stereocenters. The Balaban J connectivity index is 1.97. The van der Waals surface area contributed by atoms with Gasteiger partial charge in [-0.1, -0.05) is 48.0 Å². The van der Waals surface area contributed by atoms with Gasteiger partial charge in [0.25, 0.3) is 0 Å². The molecule has 0 spiro atoms. The zero-order valence-corrected chi connectivity index (χ0v) is 12.5. The largest absolute Gasteiger partial charge is 0.324 e. The highest BCUT2D eigenvalue weighted by molar-refractivity contribution is 5.82. The first kappa shape index (κ1) is 13.8. The smallest absolute Gasteiger partial charge is 0.0708 e. The summed E-state index contributed by atoms with van der Waals surface area (Å²) in [5.74, 6) is 0. The summed E-state index contributed by atoms with van der Waals surface area (Å²) in [6.07, 6.45) is 0.841. The number of rotatable bonds is 3. The highest BCUT2D eigenvalue weighted by Crippen LogP contribution is 2.25. The lowest BCUT2D eigenvalue weighted by Crippen LogP contribution is -2.14. The van der Waals surface area contributed by atoms with E-state index in [-0.39, 0.29) is 6.04 Å². The van der Waals surface area contributed by atoms with Crippen LogP contribution in [0.4, 0.5) is 0 Å². The molecule has 2 N–H and O–H groups in total. The number of pyridine rings is 1. The fraction of sp³-hybridized carbons (Fsp3) is 0.211. The fourth-order valence-corrected chi connectivity index (χ4v) is 2.74. The van der Waals surface area contributed by atoms with Crippen LogP contribution in [-0.2, 0) is 6.42 Å². The summed E-state index contributed by atoms with van der Waals surface area (Å²) >= 11 is 0. The predicted molar refractivity (Wildman–Crippen MR) is 88.3 cm³/mol. The molecule has 1 heterocycles. The molecule has 0 fully saturated rings. The molecule has 106 valence electrons. The maximum atomic E-state index is 6.47. The van der Waals surface area contributed by atoms with Crippen molar-refractivity contribution in [1.82, 2.24) is 4.98 Å². The van der Waals surface area contributed by atoms with E-state index in [4.69, 9.17) is 5.73 Å². The number of fused-ring (bicyclic) bond motifs is 1. The Morgan fingerprint density at radius 1 is 1.00 bits per heavy atom. The molecule has 2 aromatic carbocycles. The maximum Gasteiger partial charge on any atom is 0.0708 e. The molecule has 1 unspecified atom stereocenters. The second-order valence-corrected chi connectivity index (χ2v) is 5.67. The van der Waals surface area contributed by atoms with Crippen LogP contribution in [0.2, 0.25) is 0 Å². The van der Waals surface area contributed by atoms with Gasteiger partial charge in [0, 0.05) is 17.1 Å². The van der Waals surface area contributed by atoms with Crippen LogP contribution in [0.15, 0.2) is 54.6 Å². The van der Waals surface area contributed by atoms with E-state index in [1.54, 1.807) is 0 Å². The topological polar surface area (TPSA) is 38.9 Å². The lowest BCUT2D eigenvalue weighted by atomic mass is 9.95. The molecule has 21 heavy (non-hydrogen) atoms. The van der Waals surface area contributed by atoms with Gasteiger partial charge in [0.2, 0.25) is 0 Å². The highest BCUT2D eigenvalue weighted by atomic mass is 14.7. The molecule has 0 aliphatic heterocycles. The van der Waals surface area contributed by atoms with Crippen LogP contribution in [-0.4, -0.2) is 4.98 Å². The Morgan fingerprint density at radius 3 is 2.48 bits per heavy atom. The van der Waals surface area contributed by atoms with Crippen LogP contribution in [0.25, 0.3) is 10.9 Å². The first-order valence-electron chi connectivity index (χ1n) is 7.31. The minimum absolute atomic E-state index is 0.0145. The van der Waals surface area contributed by atoms with E-state index in [0.717, 1.165) is 23.0 Å². The average molecular weight is 276 g/mol. The molecule has 0 amide bonds. The van der Waals surface area contributed by atoms with Gasteiger partial charge in [-0.2, -0.15) is 0 Å². The van der Waals surface area contributed by atoms with E-state index in [1.807, 2.05) is 25.1 Å². The molecule has 0 aliphatic rings. The summed E-state index contributed by atoms with van der Waals surface area (Å²) in [4.78, 5) is 4.58. The van der Waals surface area contributed by atoms with Gasteiger partial charge in [0.05, 0.1) is 5.52 Å². The highest BCUT2D eigenvalue weighted by Gasteiger charge is 2.12. The van der Waals surface area contributed by atoms with Gasteiger partial charge in [-0.15, -0.1) is 0 Å². The molecule has 2 heteroatoms. The number of nitrogens with two attached hydrogens (primary N) is 1. The van der Waals surface area contributed by atoms with E-state index in [1.165, 1.54) is 16.7 Å². The third-order valence-corrected chi connectivity index (χ3v) is 3.85. The molecule has 3 rings (SSSR count). The summed E-state index contributed by atoms with van der Waals surface area (Å²) in [7, 11) is 0. The van der Waals surface area contributed by atoms with Crippen LogP contribution >= 0.6 is 0 Å². The minimum Gasteiger partial charge on any atom is -0.324 e. The normalized spacial score (nSPS) is 12.5. The summed E-state index contributed by atoms with van der Waals surface area (Å²) in [6, 6.07) is 18.9. The van der Waals surface area contributed by atoms with E-state index in [9.17, 15) is 0 Å². The molecule has 1 aromatic heterocycles. The molecule has 3 aromatic rings. The van der Waals surface area contributed by atoms with Crippen LogP contribution in [0, 0.1) is 13.8 Å². The number of hydrogen-bond acceptors (Lipinski definition) is 2.